The summed E-state index contributed by atoms with van der Waals surface area (Å²) in [6.45, 7) is 6.88. The van der Waals surface area contributed by atoms with Crippen molar-refractivity contribution in [2.24, 2.45) is 0 Å². The summed E-state index contributed by atoms with van der Waals surface area (Å²) in [4.78, 5) is 2.32. The van der Waals surface area contributed by atoms with Gasteiger partial charge in [-0.3, -0.25) is 0 Å². The largest absolute Gasteiger partial charge is 0.304 e. The number of aromatic nitrogens is 2. The van der Waals surface area contributed by atoms with Gasteiger partial charge in [0.1, 0.15) is 11.4 Å². The quantitative estimate of drug-likeness (QED) is 0.736. The van der Waals surface area contributed by atoms with Crippen LogP contribution < -0.4 is 5.43 Å². The van der Waals surface area contributed by atoms with Gasteiger partial charge in [-0.1, -0.05) is 10.3 Å². The van der Waals surface area contributed by atoms with Crippen LogP contribution in [0.4, 0.5) is 0 Å². The average molecular weight is 211 g/mol. The molecule has 0 saturated carbocycles. The molecule has 1 aliphatic heterocycles. The Morgan fingerprint density at radius 2 is 2.00 bits per heavy atom. The lowest BCUT2D eigenvalue weighted by atomic mass is 10.3. The van der Waals surface area contributed by atoms with E-state index in [1.165, 1.54) is 0 Å². The van der Waals surface area contributed by atoms with Crippen molar-refractivity contribution in [2.45, 2.75) is 13.5 Å². The van der Waals surface area contributed by atoms with Crippen molar-refractivity contribution in [3.63, 3.8) is 0 Å². The molecule has 0 aromatic carbocycles. The number of nitrogens with one attached hydrogen (secondary N) is 1. The fourth-order valence-electron chi connectivity index (χ4n) is 1.56. The molecule has 1 aromatic rings. The summed E-state index contributed by atoms with van der Waals surface area (Å²) < 4.78 is 4.64. The van der Waals surface area contributed by atoms with Crippen LogP contribution in [0.3, 0.4) is 0 Å². The highest BCUT2D eigenvalue weighted by Crippen LogP contribution is 2.01. The smallest absolute Gasteiger partial charge is 0.123 e. The van der Waals surface area contributed by atoms with Gasteiger partial charge in [0.15, 0.2) is 0 Å². The number of hydrogen-bond acceptors (Lipinski definition) is 6. The minimum atomic E-state index is 0.693. The van der Waals surface area contributed by atoms with E-state index in [-0.39, 0.29) is 0 Å². The molecular weight excluding hydrogens is 194 g/mol. The molecule has 0 aliphatic carbocycles. The van der Waals surface area contributed by atoms with E-state index in [4.69, 9.17) is 0 Å². The summed E-state index contributed by atoms with van der Waals surface area (Å²) in [5.41, 5.74) is 5.07. The van der Waals surface area contributed by atoms with Crippen LogP contribution in [0.25, 0.3) is 0 Å². The molecule has 6 nitrogen and oxygen atoms in total. The first-order valence-corrected chi connectivity index (χ1v) is 5.21. The SMILES string of the molecule is Cc1nonc1CNN1CCN(C)CC1. The van der Waals surface area contributed by atoms with Crippen molar-refractivity contribution in [1.82, 2.24) is 25.6 Å². The first kappa shape index (κ1) is 10.5. The van der Waals surface area contributed by atoms with Crippen LogP contribution in [-0.4, -0.2) is 53.4 Å². The van der Waals surface area contributed by atoms with Gasteiger partial charge in [0.2, 0.25) is 0 Å². The standard InChI is InChI=1S/C9H17N5O/c1-8-9(12-15-11-8)7-10-14-5-3-13(2)4-6-14/h10H,3-7H2,1-2H3. The lowest BCUT2D eigenvalue weighted by Gasteiger charge is -2.32. The van der Waals surface area contributed by atoms with Gasteiger partial charge in [0, 0.05) is 26.2 Å². The van der Waals surface area contributed by atoms with E-state index in [0.717, 1.165) is 37.6 Å². The Balaban J connectivity index is 1.77. The fraction of sp³-hybridized carbons (Fsp3) is 0.778. The summed E-state index contributed by atoms with van der Waals surface area (Å²) in [7, 11) is 2.14. The van der Waals surface area contributed by atoms with E-state index >= 15 is 0 Å². The monoisotopic (exact) mass is 211 g/mol. The molecule has 1 N–H and O–H groups in total. The van der Waals surface area contributed by atoms with Gasteiger partial charge in [-0.15, -0.1) is 0 Å². The van der Waals surface area contributed by atoms with Gasteiger partial charge >= 0.3 is 0 Å². The molecule has 6 heteroatoms. The van der Waals surface area contributed by atoms with Crippen LogP contribution in [0.5, 0.6) is 0 Å². The van der Waals surface area contributed by atoms with Gasteiger partial charge in [-0.25, -0.2) is 15.1 Å². The maximum atomic E-state index is 4.64. The molecule has 1 aliphatic rings. The molecule has 15 heavy (non-hydrogen) atoms. The molecular formula is C9H17N5O. The normalized spacial score (nSPS) is 19.6. The van der Waals surface area contributed by atoms with Gasteiger partial charge in [0.05, 0.1) is 6.54 Å². The number of hydrazine groups is 1. The molecule has 1 saturated heterocycles. The van der Waals surface area contributed by atoms with E-state index in [1.807, 2.05) is 6.92 Å². The van der Waals surface area contributed by atoms with Crippen molar-refractivity contribution >= 4 is 0 Å². The van der Waals surface area contributed by atoms with Gasteiger partial charge < -0.3 is 4.90 Å². The Bertz CT molecular complexity index is 305. The number of rotatable bonds is 3. The van der Waals surface area contributed by atoms with Crippen molar-refractivity contribution in [3.05, 3.63) is 11.4 Å². The molecule has 1 aromatic heterocycles. The molecule has 0 bridgehead atoms. The maximum Gasteiger partial charge on any atom is 0.123 e. The third kappa shape index (κ3) is 2.74. The second kappa shape index (κ2) is 4.69. The van der Waals surface area contributed by atoms with Crippen LogP contribution in [0.2, 0.25) is 0 Å². The van der Waals surface area contributed by atoms with E-state index < -0.39 is 0 Å². The second-order valence-corrected chi connectivity index (χ2v) is 3.92. The van der Waals surface area contributed by atoms with Crippen molar-refractivity contribution in [3.8, 4) is 0 Å². The van der Waals surface area contributed by atoms with Gasteiger partial charge in [0.25, 0.3) is 0 Å². The first-order chi connectivity index (χ1) is 7.25. The zero-order valence-corrected chi connectivity index (χ0v) is 9.23. The molecule has 1 fully saturated rings. The summed E-state index contributed by atoms with van der Waals surface area (Å²) in [5, 5.41) is 9.79. The molecule has 2 heterocycles. The minimum absolute atomic E-state index is 0.693. The highest BCUT2D eigenvalue weighted by atomic mass is 16.6. The van der Waals surface area contributed by atoms with E-state index in [1.54, 1.807) is 0 Å². The Morgan fingerprint density at radius 3 is 2.60 bits per heavy atom. The highest BCUT2D eigenvalue weighted by molar-refractivity contribution is 5.03. The van der Waals surface area contributed by atoms with E-state index in [2.05, 4.69) is 37.3 Å². The van der Waals surface area contributed by atoms with Crippen LogP contribution in [0.15, 0.2) is 4.63 Å². The molecule has 2 rings (SSSR count). The van der Waals surface area contributed by atoms with Crippen molar-refractivity contribution in [2.75, 3.05) is 33.2 Å². The molecule has 0 radical (unpaired) electrons. The average Bonchev–Trinajstić information content (AvgIpc) is 2.63. The summed E-state index contributed by atoms with van der Waals surface area (Å²) in [6, 6.07) is 0. The Morgan fingerprint density at radius 1 is 1.27 bits per heavy atom. The van der Waals surface area contributed by atoms with Crippen LogP contribution in [0, 0.1) is 6.92 Å². The number of likely N-dealkylation sites (N-methyl/N-ethyl adjacent to an activating group) is 1. The highest BCUT2D eigenvalue weighted by Gasteiger charge is 2.14. The third-order valence-electron chi connectivity index (χ3n) is 2.72. The number of aryl methyl sites for hydroxylation is 1. The van der Waals surface area contributed by atoms with E-state index in [0.29, 0.717) is 6.54 Å². The second-order valence-electron chi connectivity index (χ2n) is 3.92. The lowest BCUT2D eigenvalue weighted by Crippen LogP contribution is -2.50. The summed E-state index contributed by atoms with van der Waals surface area (Å²) in [6.07, 6.45) is 0. The predicted octanol–water partition coefficient (Wildman–Crippen LogP) is -0.370. The number of hydrogen-bond donors (Lipinski definition) is 1. The zero-order valence-electron chi connectivity index (χ0n) is 9.23. The lowest BCUT2D eigenvalue weighted by molar-refractivity contribution is 0.101. The van der Waals surface area contributed by atoms with E-state index in [9.17, 15) is 0 Å². The Kier molecular flexibility index (Phi) is 3.30. The first-order valence-electron chi connectivity index (χ1n) is 5.21. The maximum absolute atomic E-state index is 4.64. The van der Waals surface area contributed by atoms with Crippen LogP contribution in [-0.2, 0) is 6.54 Å². The third-order valence-corrected chi connectivity index (χ3v) is 2.72. The molecule has 0 unspecified atom stereocenters. The van der Waals surface area contributed by atoms with Crippen LogP contribution in [0.1, 0.15) is 11.4 Å². The predicted molar refractivity (Wildman–Crippen MR) is 54.9 cm³/mol. The fourth-order valence-corrected chi connectivity index (χ4v) is 1.56. The van der Waals surface area contributed by atoms with Gasteiger partial charge in [-0.2, -0.15) is 0 Å². The molecule has 84 valence electrons. The molecule has 0 spiro atoms. The topological polar surface area (TPSA) is 57.4 Å². The minimum Gasteiger partial charge on any atom is -0.304 e. The molecule has 0 amide bonds. The summed E-state index contributed by atoms with van der Waals surface area (Å²) >= 11 is 0. The van der Waals surface area contributed by atoms with Crippen LogP contribution >= 0.6 is 0 Å². The molecule has 0 atom stereocenters. The van der Waals surface area contributed by atoms with Crippen molar-refractivity contribution in [1.29, 1.82) is 0 Å². The summed E-state index contributed by atoms with van der Waals surface area (Å²) in [5.74, 6) is 0. The number of nitrogens with zero attached hydrogens (tertiary/aromatic N) is 4. The zero-order chi connectivity index (χ0) is 10.7. The Labute approximate surface area is 89.2 Å². The van der Waals surface area contributed by atoms with Gasteiger partial charge in [-0.05, 0) is 14.0 Å². The van der Waals surface area contributed by atoms with Crippen molar-refractivity contribution < 1.29 is 4.63 Å². The Hall–Kier alpha value is -0.980. The number of piperazine rings is 1.